The number of nitrogens with zero attached hydrogens (tertiary/aromatic N) is 3. The average molecular weight is 282 g/mol. The number of hydrogen-bond acceptors (Lipinski definition) is 4. The molecule has 0 radical (unpaired) electrons. The molecule has 21 heavy (non-hydrogen) atoms. The van der Waals surface area contributed by atoms with E-state index < -0.39 is 0 Å². The molecule has 2 N–H and O–H groups in total. The molecule has 2 aromatic rings. The van der Waals surface area contributed by atoms with Gasteiger partial charge in [-0.2, -0.15) is 0 Å². The second-order valence-corrected chi connectivity index (χ2v) is 5.49. The van der Waals surface area contributed by atoms with Crippen molar-refractivity contribution in [1.29, 1.82) is 0 Å². The third-order valence-corrected chi connectivity index (χ3v) is 4.03. The predicted octanol–water partition coefficient (Wildman–Crippen LogP) is 1.90. The number of benzene rings is 1. The Morgan fingerprint density at radius 3 is 2.33 bits per heavy atom. The first-order valence-corrected chi connectivity index (χ1v) is 7.52. The van der Waals surface area contributed by atoms with Crippen LogP contribution in [0.1, 0.15) is 11.6 Å². The van der Waals surface area contributed by atoms with E-state index in [1.165, 1.54) is 5.56 Å². The number of hydrogen-bond donors (Lipinski definition) is 1. The van der Waals surface area contributed by atoms with Gasteiger partial charge in [-0.1, -0.05) is 36.4 Å². The van der Waals surface area contributed by atoms with Crippen molar-refractivity contribution in [2.45, 2.75) is 6.04 Å². The van der Waals surface area contributed by atoms with E-state index >= 15 is 0 Å². The standard InChI is InChI=1S/C17H22N4/c18-16(15-6-2-1-3-7-15)14-20-10-12-21(13-11-20)17-8-4-5-9-19-17/h1-9,16H,10-14,18H2. The fraction of sp³-hybridized carbons (Fsp3) is 0.353. The Balaban J connectivity index is 1.52. The van der Waals surface area contributed by atoms with Crippen LogP contribution in [0.25, 0.3) is 0 Å². The monoisotopic (exact) mass is 282 g/mol. The molecule has 1 aliphatic rings. The lowest BCUT2D eigenvalue weighted by Gasteiger charge is -2.36. The molecule has 1 atom stereocenters. The molecule has 1 saturated heterocycles. The number of nitrogens with two attached hydrogens (primary N) is 1. The quantitative estimate of drug-likeness (QED) is 0.930. The first-order valence-electron chi connectivity index (χ1n) is 7.52. The fourth-order valence-corrected chi connectivity index (χ4v) is 2.78. The highest BCUT2D eigenvalue weighted by atomic mass is 15.3. The molecule has 4 heteroatoms. The van der Waals surface area contributed by atoms with Gasteiger partial charge < -0.3 is 10.6 Å². The summed E-state index contributed by atoms with van der Waals surface area (Å²) in [5.74, 6) is 1.07. The maximum Gasteiger partial charge on any atom is 0.128 e. The Labute approximate surface area is 126 Å². The van der Waals surface area contributed by atoms with E-state index in [0.717, 1.165) is 38.5 Å². The third kappa shape index (κ3) is 3.60. The molecule has 110 valence electrons. The maximum atomic E-state index is 6.30. The lowest BCUT2D eigenvalue weighted by molar-refractivity contribution is 0.243. The third-order valence-electron chi connectivity index (χ3n) is 4.03. The highest BCUT2D eigenvalue weighted by Crippen LogP contribution is 2.15. The lowest BCUT2D eigenvalue weighted by atomic mass is 10.1. The second kappa shape index (κ2) is 6.70. The summed E-state index contributed by atoms with van der Waals surface area (Å²) in [7, 11) is 0. The molecule has 0 bridgehead atoms. The normalized spacial score (nSPS) is 17.7. The second-order valence-electron chi connectivity index (χ2n) is 5.49. The fourth-order valence-electron chi connectivity index (χ4n) is 2.78. The van der Waals surface area contributed by atoms with Crippen LogP contribution in [0.2, 0.25) is 0 Å². The Kier molecular flexibility index (Phi) is 4.48. The molecular weight excluding hydrogens is 260 g/mol. The molecule has 1 aromatic heterocycles. The maximum absolute atomic E-state index is 6.30. The van der Waals surface area contributed by atoms with Gasteiger partial charge >= 0.3 is 0 Å². The minimum Gasteiger partial charge on any atom is -0.354 e. The van der Waals surface area contributed by atoms with E-state index in [2.05, 4.69) is 33.0 Å². The van der Waals surface area contributed by atoms with Gasteiger partial charge in [0.25, 0.3) is 0 Å². The smallest absolute Gasteiger partial charge is 0.128 e. The summed E-state index contributed by atoms with van der Waals surface area (Å²) in [5.41, 5.74) is 7.52. The molecule has 0 aliphatic carbocycles. The Morgan fingerprint density at radius 2 is 1.67 bits per heavy atom. The molecule has 0 spiro atoms. The van der Waals surface area contributed by atoms with Crippen LogP contribution in [0.3, 0.4) is 0 Å². The summed E-state index contributed by atoms with van der Waals surface area (Å²) >= 11 is 0. The van der Waals surface area contributed by atoms with Crippen molar-refractivity contribution < 1.29 is 0 Å². The van der Waals surface area contributed by atoms with Crippen LogP contribution in [0.4, 0.5) is 5.82 Å². The number of piperazine rings is 1. The van der Waals surface area contributed by atoms with E-state index in [9.17, 15) is 0 Å². The van der Waals surface area contributed by atoms with Crippen molar-refractivity contribution in [1.82, 2.24) is 9.88 Å². The topological polar surface area (TPSA) is 45.4 Å². The SMILES string of the molecule is NC(CN1CCN(c2ccccn2)CC1)c1ccccc1. The van der Waals surface area contributed by atoms with Gasteiger partial charge in [0.05, 0.1) is 0 Å². The van der Waals surface area contributed by atoms with E-state index in [-0.39, 0.29) is 6.04 Å². The minimum atomic E-state index is 0.0904. The summed E-state index contributed by atoms with van der Waals surface area (Å²) in [4.78, 5) is 9.20. The van der Waals surface area contributed by atoms with Crippen molar-refractivity contribution in [2.75, 3.05) is 37.6 Å². The molecule has 3 rings (SSSR count). The number of anilines is 1. The lowest BCUT2D eigenvalue weighted by Crippen LogP contribution is -2.48. The molecule has 0 saturated carbocycles. The zero-order valence-corrected chi connectivity index (χ0v) is 12.2. The largest absolute Gasteiger partial charge is 0.354 e. The van der Waals surface area contributed by atoms with E-state index in [1.54, 1.807) is 0 Å². The zero-order chi connectivity index (χ0) is 14.5. The van der Waals surface area contributed by atoms with Gasteiger partial charge in [0.15, 0.2) is 0 Å². The van der Waals surface area contributed by atoms with E-state index in [1.807, 2.05) is 36.5 Å². The minimum absolute atomic E-state index is 0.0904. The molecule has 1 fully saturated rings. The van der Waals surface area contributed by atoms with Crippen molar-refractivity contribution in [3.63, 3.8) is 0 Å². The van der Waals surface area contributed by atoms with Gasteiger partial charge in [-0.15, -0.1) is 0 Å². The number of rotatable bonds is 4. The van der Waals surface area contributed by atoms with Crippen LogP contribution in [-0.2, 0) is 0 Å². The van der Waals surface area contributed by atoms with Crippen LogP contribution >= 0.6 is 0 Å². The van der Waals surface area contributed by atoms with Crippen LogP contribution in [0.5, 0.6) is 0 Å². The Morgan fingerprint density at radius 1 is 0.952 bits per heavy atom. The summed E-state index contributed by atoms with van der Waals surface area (Å²) < 4.78 is 0. The van der Waals surface area contributed by atoms with Gasteiger partial charge in [0.1, 0.15) is 5.82 Å². The van der Waals surface area contributed by atoms with E-state index in [0.29, 0.717) is 0 Å². The van der Waals surface area contributed by atoms with Gasteiger partial charge in [-0.3, -0.25) is 4.90 Å². The van der Waals surface area contributed by atoms with Crippen LogP contribution in [0, 0.1) is 0 Å². The zero-order valence-electron chi connectivity index (χ0n) is 12.2. The summed E-state index contributed by atoms with van der Waals surface area (Å²) in [6.07, 6.45) is 1.85. The van der Waals surface area contributed by atoms with Crippen LogP contribution in [-0.4, -0.2) is 42.6 Å². The number of aromatic nitrogens is 1. The highest BCUT2D eigenvalue weighted by molar-refractivity contribution is 5.38. The van der Waals surface area contributed by atoms with Crippen molar-refractivity contribution in [3.05, 3.63) is 60.3 Å². The molecule has 1 aliphatic heterocycles. The summed E-state index contributed by atoms with van der Waals surface area (Å²) in [6.45, 7) is 5.02. The Bertz CT molecular complexity index is 535. The van der Waals surface area contributed by atoms with Crippen molar-refractivity contribution in [2.24, 2.45) is 5.73 Å². The van der Waals surface area contributed by atoms with Crippen molar-refractivity contribution >= 4 is 5.82 Å². The molecule has 2 heterocycles. The van der Waals surface area contributed by atoms with Gasteiger partial charge in [0, 0.05) is 45.0 Å². The molecule has 4 nitrogen and oxygen atoms in total. The van der Waals surface area contributed by atoms with Gasteiger partial charge in [-0.05, 0) is 17.7 Å². The summed E-state index contributed by atoms with van der Waals surface area (Å²) in [5, 5.41) is 0. The molecular formula is C17H22N4. The predicted molar refractivity (Wildman–Crippen MR) is 86.3 cm³/mol. The molecule has 1 unspecified atom stereocenters. The highest BCUT2D eigenvalue weighted by Gasteiger charge is 2.19. The molecule has 0 amide bonds. The van der Waals surface area contributed by atoms with Crippen LogP contribution in [0.15, 0.2) is 54.7 Å². The van der Waals surface area contributed by atoms with Gasteiger partial charge in [0.2, 0.25) is 0 Å². The average Bonchev–Trinajstić information content (AvgIpc) is 2.57. The van der Waals surface area contributed by atoms with E-state index in [4.69, 9.17) is 5.73 Å². The van der Waals surface area contributed by atoms with Crippen LogP contribution < -0.4 is 10.6 Å². The van der Waals surface area contributed by atoms with Crippen molar-refractivity contribution in [3.8, 4) is 0 Å². The summed E-state index contributed by atoms with van der Waals surface area (Å²) in [6, 6.07) is 16.5. The first-order chi connectivity index (χ1) is 10.3. The molecule has 1 aromatic carbocycles. The van der Waals surface area contributed by atoms with Gasteiger partial charge in [-0.25, -0.2) is 4.98 Å². The first kappa shape index (κ1) is 14.0. The Hall–Kier alpha value is -1.91. The number of pyridine rings is 1.